The van der Waals surface area contributed by atoms with Crippen LogP contribution in [0.2, 0.25) is 0 Å². The number of carbonyl (C=O) groups excluding carboxylic acids is 1. The van der Waals surface area contributed by atoms with Crippen molar-refractivity contribution < 1.29 is 9.90 Å². The number of rotatable bonds is 0. The van der Waals surface area contributed by atoms with E-state index in [0.717, 1.165) is 32.1 Å². The fourth-order valence-electron chi connectivity index (χ4n) is 7.12. The second kappa shape index (κ2) is 4.80. The minimum atomic E-state index is -0.309. The lowest BCUT2D eigenvalue weighted by atomic mass is 9.45. The predicted octanol–water partition coefficient (Wildman–Crippen LogP) is 2.90. The predicted molar refractivity (Wildman–Crippen MR) is 86.1 cm³/mol. The molecule has 0 aromatic heterocycles. The third kappa shape index (κ3) is 1.84. The van der Waals surface area contributed by atoms with Crippen LogP contribution in [-0.4, -0.2) is 23.0 Å². The lowest BCUT2D eigenvalue weighted by molar-refractivity contribution is -0.144. The minimum Gasteiger partial charge on any atom is -0.392 e. The van der Waals surface area contributed by atoms with Crippen molar-refractivity contribution in [1.82, 2.24) is 0 Å². The molecule has 4 aliphatic carbocycles. The first-order valence-corrected chi connectivity index (χ1v) is 9.33. The number of ketones is 1. The van der Waals surface area contributed by atoms with Gasteiger partial charge in [0.05, 0.1) is 6.10 Å². The first kappa shape index (κ1) is 15.1. The number of carbonyl (C=O) groups is 1. The second-order valence-electron chi connectivity index (χ2n) is 9.25. The summed E-state index contributed by atoms with van der Waals surface area (Å²) in [6.07, 6.45) is 8.24. The van der Waals surface area contributed by atoms with Crippen LogP contribution in [0.5, 0.6) is 0 Å². The van der Waals surface area contributed by atoms with Gasteiger partial charge in [0.1, 0.15) is 5.78 Å². The van der Waals surface area contributed by atoms with Gasteiger partial charge in [-0.1, -0.05) is 13.8 Å². The first-order valence-electron chi connectivity index (χ1n) is 9.33. The highest BCUT2D eigenvalue weighted by molar-refractivity contribution is 5.87. The van der Waals surface area contributed by atoms with E-state index in [9.17, 15) is 9.90 Å². The number of hydrogen-bond donors (Lipinski definition) is 2. The number of hydrogen-bond acceptors (Lipinski definition) is 3. The molecule has 4 rings (SSSR count). The summed E-state index contributed by atoms with van der Waals surface area (Å²) in [6.45, 7) is 4.69. The molecule has 8 atom stereocenters. The quantitative estimate of drug-likeness (QED) is 0.723. The average molecular weight is 305 g/mol. The number of Topliss-reactive ketones (excluding diaryl/α,β-unsaturated/α-hetero) is 1. The van der Waals surface area contributed by atoms with Crippen LogP contribution in [0.25, 0.3) is 0 Å². The van der Waals surface area contributed by atoms with Crippen molar-refractivity contribution in [2.45, 2.75) is 77.4 Å². The monoisotopic (exact) mass is 305 g/mol. The lowest BCUT2D eigenvalue weighted by Crippen LogP contribution is -2.58. The van der Waals surface area contributed by atoms with Gasteiger partial charge in [-0.3, -0.25) is 4.79 Å². The summed E-state index contributed by atoms with van der Waals surface area (Å²) in [6, 6.07) is -0.0569. The normalized spacial score (nSPS) is 57.9. The molecule has 4 aliphatic rings. The Bertz CT molecular complexity index is 492. The summed E-state index contributed by atoms with van der Waals surface area (Å²) in [4.78, 5) is 12.4. The van der Waals surface area contributed by atoms with Crippen molar-refractivity contribution in [1.29, 1.82) is 0 Å². The van der Waals surface area contributed by atoms with E-state index in [1.807, 2.05) is 0 Å². The Morgan fingerprint density at radius 2 is 1.91 bits per heavy atom. The van der Waals surface area contributed by atoms with Crippen LogP contribution in [0, 0.1) is 34.5 Å². The molecule has 0 unspecified atom stereocenters. The number of nitrogens with two attached hydrogens (primary N) is 1. The van der Waals surface area contributed by atoms with E-state index in [1.165, 1.54) is 19.3 Å². The van der Waals surface area contributed by atoms with Gasteiger partial charge in [0, 0.05) is 17.9 Å². The molecule has 3 nitrogen and oxygen atoms in total. The van der Waals surface area contributed by atoms with Crippen LogP contribution in [0.4, 0.5) is 0 Å². The standard InChI is InChI=1S/C19H31NO2/c1-18-8-7-14-12(13(18)5-6-17(18)22)4-3-11-9-16(21)15(20)10-19(11,14)2/h11-16,21H,3-10,20H2,1-2H3/t11-,12-,13-,14-,15-,16-,18-,19-/m0/s1. The topological polar surface area (TPSA) is 63.3 Å². The average Bonchev–Trinajstić information content (AvgIpc) is 2.77. The second-order valence-corrected chi connectivity index (χ2v) is 9.25. The summed E-state index contributed by atoms with van der Waals surface area (Å²) in [5.74, 6) is 3.20. The third-order valence-corrected chi connectivity index (χ3v) is 8.47. The Morgan fingerprint density at radius 3 is 2.68 bits per heavy atom. The molecule has 0 saturated heterocycles. The van der Waals surface area contributed by atoms with Gasteiger partial charge in [0.15, 0.2) is 0 Å². The largest absolute Gasteiger partial charge is 0.392 e. The molecule has 0 aromatic carbocycles. The summed E-state index contributed by atoms with van der Waals surface area (Å²) in [5, 5.41) is 10.2. The molecule has 0 bridgehead atoms. The van der Waals surface area contributed by atoms with Gasteiger partial charge >= 0.3 is 0 Å². The molecule has 4 fully saturated rings. The Morgan fingerprint density at radius 1 is 1.14 bits per heavy atom. The SMILES string of the molecule is C[C@]12C[C@H](N)[C@@H](O)C[C@@H]1CC[C@@H]1[C@@H]2CC[C@]2(C)C(=O)CC[C@@H]12. The maximum Gasteiger partial charge on any atom is 0.139 e. The Hall–Kier alpha value is -0.410. The van der Waals surface area contributed by atoms with Gasteiger partial charge in [0.25, 0.3) is 0 Å². The van der Waals surface area contributed by atoms with Crippen molar-refractivity contribution in [3.8, 4) is 0 Å². The maximum atomic E-state index is 12.4. The van der Waals surface area contributed by atoms with Gasteiger partial charge in [-0.2, -0.15) is 0 Å². The van der Waals surface area contributed by atoms with E-state index in [1.54, 1.807) is 0 Å². The van der Waals surface area contributed by atoms with E-state index in [2.05, 4.69) is 13.8 Å². The molecular formula is C19H31NO2. The first-order chi connectivity index (χ1) is 10.4. The molecule has 4 saturated carbocycles. The maximum absolute atomic E-state index is 12.4. The van der Waals surface area contributed by atoms with Crippen molar-refractivity contribution in [2.75, 3.05) is 0 Å². The summed E-state index contributed by atoms with van der Waals surface area (Å²) >= 11 is 0. The van der Waals surface area contributed by atoms with Crippen molar-refractivity contribution >= 4 is 5.78 Å². The Balaban J connectivity index is 1.65. The summed E-state index contributed by atoms with van der Waals surface area (Å²) in [5.41, 5.74) is 6.50. The highest BCUT2D eigenvalue weighted by atomic mass is 16.3. The van der Waals surface area contributed by atoms with Gasteiger partial charge in [-0.15, -0.1) is 0 Å². The molecule has 0 aromatic rings. The number of aliphatic hydroxyl groups excluding tert-OH is 1. The molecule has 124 valence electrons. The molecule has 0 radical (unpaired) electrons. The van der Waals surface area contributed by atoms with Gasteiger partial charge < -0.3 is 10.8 Å². The fraction of sp³-hybridized carbons (Fsp3) is 0.947. The number of aliphatic hydroxyl groups is 1. The molecule has 0 amide bonds. The fourth-order valence-corrected chi connectivity index (χ4v) is 7.12. The molecule has 3 heteroatoms. The highest BCUT2D eigenvalue weighted by Gasteiger charge is 2.60. The molecule has 22 heavy (non-hydrogen) atoms. The van der Waals surface area contributed by atoms with E-state index < -0.39 is 0 Å². The lowest BCUT2D eigenvalue weighted by Gasteiger charge is -2.60. The van der Waals surface area contributed by atoms with Crippen molar-refractivity contribution in [2.24, 2.45) is 40.2 Å². The van der Waals surface area contributed by atoms with Gasteiger partial charge in [-0.05, 0) is 74.0 Å². The van der Waals surface area contributed by atoms with Crippen LogP contribution in [-0.2, 0) is 4.79 Å². The van der Waals surface area contributed by atoms with Gasteiger partial charge in [-0.25, -0.2) is 0 Å². The number of fused-ring (bicyclic) bond motifs is 5. The van der Waals surface area contributed by atoms with Crippen LogP contribution in [0.1, 0.15) is 65.2 Å². The smallest absolute Gasteiger partial charge is 0.139 e. The van der Waals surface area contributed by atoms with Crippen LogP contribution < -0.4 is 5.73 Å². The van der Waals surface area contributed by atoms with E-state index in [4.69, 9.17) is 5.73 Å². The summed E-state index contributed by atoms with van der Waals surface area (Å²) in [7, 11) is 0. The zero-order valence-electron chi connectivity index (χ0n) is 14.1. The Kier molecular flexibility index (Phi) is 3.30. The zero-order valence-corrected chi connectivity index (χ0v) is 14.1. The summed E-state index contributed by atoms with van der Waals surface area (Å²) < 4.78 is 0. The van der Waals surface area contributed by atoms with Crippen molar-refractivity contribution in [3.05, 3.63) is 0 Å². The molecule has 3 N–H and O–H groups in total. The Labute approximate surface area is 134 Å². The molecule has 0 aliphatic heterocycles. The van der Waals surface area contributed by atoms with Crippen LogP contribution in [0.15, 0.2) is 0 Å². The highest BCUT2D eigenvalue weighted by Crippen LogP contribution is 2.65. The van der Waals surface area contributed by atoms with E-state index in [0.29, 0.717) is 29.5 Å². The zero-order chi connectivity index (χ0) is 15.7. The van der Waals surface area contributed by atoms with Crippen LogP contribution >= 0.6 is 0 Å². The van der Waals surface area contributed by atoms with E-state index in [-0.39, 0.29) is 23.0 Å². The molecular weight excluding hydrogens is 274 g/mol. The van der Waals surface area contributed by atoms with Gasteiger partial charge in [0.2, 0.25) is 0 Å². The molecule has 0 spiro atoms. The van der Waals surface area contributed by atoms with Crippen LogP contribution in [0.3, 0.4) is 0 Å². The van der Waals surface area contributed by atoms with E-state index >= 15 is 0 Å². The minimum absolute atomic E-state index is 0.0271. The molecule has 0 heterocycles. The third-order valence-electron chi connectivity index (χ3n) is 8.47. The van der Waals surface area contributed by atoms with Crippen molar-refractivity contribution in [3.63, 3.8) is 0 Å².